The number of rotatable bonds is 7. The molecule has 0 radical (unpaired) electrons. The second-order valence-electron chi connectivity index (χ2n) is 4.88. The van der Waals surface area contributed by atoms with Crippen LogP contribution < -0.4 is 15.8 Å². The Morgan fingerprint density at radius 1 is 1.43 bits per heavy atom. The van der Waals surface area contributed by atoms with Gasteiger partial charge in [-0.1, -0.05) is 13.8 Å². The number of ether oxygens (including phenoxy) is 1. The highest BCUT2D eigenvalue weighted by Crippen LogP contribution is 2.29. The minimum absolute atomic E-state index is 0.0535. The number of carbonyl (C=O) groups is 1. The molecule has 1 amide bonds. The van der Waals surface area contributed by atoms with Gasteiger partial charge in [-0.2, -0.15) is 0 Å². The fourth-order valence-electron chi connectivity index (χ4n) is 1.74. The van der Waals surface area contributed by atoms with Crippen LogP contribution >= 0.6 is 0 Å². The molecule has 0 saturated heterocycles. The van der Waals surface area contributed by atoms with Crippen molar-refractivity contribution in [3.8, 4) is 5.75 Å². The van der Waals surface area contributed by atoms with E-state index in [9.17, 15) is 14.9 Å². The van der Waals surface area contributed by atoms with Crippen molar-refractivity contribution in [1.82, 2.24) is 5.32 Å². The molecule has 0 aromatic heterocycles. The summed E-state index contributed by atoms with van der Waals surface area (Å²) in [5.41, 5.74) is 5.69. The fourth-order valence-corrected chi connectivity index (χ4v) is 1.74. The molecule has 7 nitrogen and oxygen atoms in total. The summed E-state index contributed by atoms with van der Waals surface area (Å²) in [5, 5.41) is 13.5. The summed E-state index contributed by atoms with van der Waals surface area (Å²) in [4.78, 5) is 22.1. The number of amides is 1. The molecule has 21 heavy (non-hydrogen) atoms. The van der Waals surface area contributed by atoms with Gasteiger partial charge in [0.15, 0.2) is 5.75 Å². The second kappa shape index (κ2) is 7.03. The van der Waals surface area contributed by atoms with Crippen molar-refractivity contribution in [3.05, 3.63) is 33.9 Å². The van der Waals surface area contributed by atoms with Crippen LogP contribution in [0.4, 0.5) is 5.69 Å². The molecular formula is C14H21N3O4. The first-order chi connectivity index (χ1) is 9.86. The lowest BCUT2D eigenvalue weighted by Crippen LogP contribution is -2.44. The molecule has 0 spiro atoms. The lowest BCUT2D eigenvalue weighted by molar-refractivity contribution is -0.385. The monoisotopic (exact) mass is 295 g/mol. The third-order valence-electron chi connectivity index (χ3n) is 3.57. The second-order valence-corrected chi connectivity index (χ2v) is 4.88. The highest BCUT2D eigenvalue weighted by Gasteiger charge is 2.24. The van der Waals surface area contributed by atoms with E-state index in [1.807, 2.05) is 13.8 Å². The van der Waals surface area contributed by atoms with E-state index in [0.717, 1.165) is 0 Å². The Morgan fingerprint density at radius 2 is 2.05 bits per heavy atom. The largest absolute Gasteiger partial charge is 0.485 e. The zero-order valence-electron chi connectivity index (χ0n) is 12.5. The van der Waals surface area contributed by atoms with E-state index >= 15 is 0 Å². The maximum atomic E-state index is 11.6. The standard InChI is InChI=1S/C14H21N3O4/c1-4-14(15,5-2)9-21-12-8-10(13(18)16-3)6-7-11(12)17(19)20/h6-8H,4-5,9,15H2,1-3H3,(H,16,18). The number of hydrogen-bond acceptors (Lipinski definition) is 5. The summed E-state index contributed by atoms with van der Waals surface area (Å²) in [7, 11) is 1.49. The molecule has 0 saturated carbocycles. The van der Waals surface area contributed by atoms with Crippen molar-refractivity contribution in [2.24, 2.45) is 5.73 Å². The summed E-state index contributed by atoms with van der Waals surface area (Å²) in [5.74, 6) is -0.280. The Kier molecular flexibility index (Phi) is 5.66. The van der Waals surface area contributed by atoms with Crippen LogP contribution in [-0.4, -0.2) is 30.0 Å². The molecule has 0 aliphatic heterocycles. The minimum Gasteiger partial charge on any atom is -0.485 e. The van der Waals surface area contributed by atoms with Gasteiger partial charge in [-0.25, -0.2) is 0 Å². The average molecular weight is 295 g/mol. The van der Waals surface area contributed by atoms with Crippen molar-refractivity contribution in [2.75, 3.05) is 13.7 Å². The van der Waals surface area contributed by atoms with Crippen LogP contribution in [0.25, 0.3) is 0 Å². The molecule has 116 valence electrons. The van der Waals surface area contributed by atoms with Crippen molar-refractivity contribution >= 4 is 11.6 Å². The van der Waals surface area contributed by atoms with E-state index < -0.39 is 10.5 Å². The Balaban J connectivity index is 3.07. The van der Waals surface area contributed by atoms with Crippen LogP contribution in [0.1, 0.15) is 37.0 Å². The van der Waals surface area contributed by atoms with Crippen molar-refractivity contribution < 1.29 is 14.5 Å². The van der Waals surface area contributed by atoms with Crippen molar-refractivity contribution in [3.63, 3.8) is 0 Å². The Morgan fingerprint density at radius 3 is 2.52 bits per heavy atom. The van der Waals surface area contributed by atoms with Crippen LogP contribution in [0, 0.1) is 10.1 Å². The van der Waals surface area contributed by atoms with Crippen molar-refractivity contribution in [1.29, 1.82) is 0 Å². The molecule has 0 aliphatic rings. The number of nitro benzene ring substituents is 1. The zero-order chi connectivity index (χ0) is 16.0. The quantitative estimate of drug-likeness (QED) is 0.589. The van der Waals surface area contributed by atoms with Gasteiger partial charge < -0.3 is 15.8 Å². The lowest BCUT2D eigenvalue weighted by atomic mass is 9.95. The highest BCUT2D eigenvalue weighted by molar-refractivity contribution is 5.94. The molecule has 0 heterocycles. The van der Waals surface area contributed by atoms with Crippen LogP contribution in [-0.2, 0) is 0 Å². The first-order valence-electron chi connectivity index (χ1n) is 6.79. The van der Waals surface area contributed by atoms with Gasteiger partial charge in [0.25, 0.3) is 5.91 Å². The molecule has 0 bridgehead atoms. The van der Waals surface area contributed by atoms with E-state index in [1.165, 1.54) is 25.2 Å². The van der Waals surface area contributed by atoms with Gasteiger partial charge in [0.05, 0.1) is 4.92 Å². The van der Waals surface area contributed by atoms with E-state index in [-0.39, 0.29) is 24.0 Å². The maximum Gasteiger partial charge on any atom is 0.310 e. The minimum atomic E-state index is -0.545. The summed E-state index contributed by atoms with van der Waals surface area (Å²) in [6.45, 7) is 4.02. The Bertz CT molecular complexity index is 527. The van der Waals surface area contributed by atoms with E-state index in [1.54, 1.807) is 0 Å². The summed E-state index contributed by atoms with van der Waals surface area (Å²) in [6, 6.07) is 4.01. The highest BCUT2D eigenvalue weighted by atomic mass is 16.6. The third-order valence-corrected chi connectivity index (χ3v) is 3.57. The topological polar surface area (TPSA) is 107 Å². The van der Waals surface area contributed by atoms with Crippen LogP contribution in [0.5, 0.6) is 5.75 Å². The van der Waals surface area contributed by atoms with Crippen LogP contribution in [0.3, 0.4) is 0 Å². The van der Waals surface area contributed by atoms with Crippen LogP contribution in [0.15, 0.2) is 18.2 Å². The third kappa shape index (κ3) is 4.16. The van der Waals surface area contributed by atoms with Gasteiger partial charge in [0, 0.05) is 30.3 Å². The molecule has 0 unspecified atom stereocenters. The average Bonchev–Trinajstić information content (AvgIpc) is 2.51. The van der Waals surface area contributed by atoms with Gasteiger partial charge in [0.2, 0.25) is 0 Å². The molecule has 0 atom stereocenters. The molecule has 1 aromatic carbocycles. The summed E-state index contributed by atoms with van der Waals surface area (Å²) < 4.78 is 5.53. The maximum absolute atomic E-state index is 11.6. The van der Waals surface area contributed by atoms with E-state index in [0.29, 0.717) is 18.4 Å². The predicted molar refractivity (Wildman–Crippen MR) is 79.5 cm³/mol. The number of carbonyl (C=O) groups excluding carboxylic acids is 1. The number of hydrogen-bond donors (Lipinski definition) is 2. The first-order valence-corrected chi connectivity index (χ1v) is 6.79. The van der Waals surface area contributed by atoms with E-state index in [2.05, 4.69) is 5.32 Å². The van der Waals surface area contributed by atoms with Crippen molar-refractivity contribution in [2.45, 2.75) is 32.2 Å². The molecule has 7 heteroatoms. The summed E-state index contributed by atoms with van der Waals surface area (Å²) >= 11 is 0. The predicted octanol–water partition coefficient (Wildman–Crippen LogP) is 1.85. The van der Waals surface area contributed by atoms with Gasteiger partial charge >= 0.3 is 5.69 Å². The van der Waals surface area contributed by atoms with E-state index in [4.69, 9.17) is 10.5 Å². The number of benzene rings is 1. The Hall–Kier alpha value is -2.15. The first kappa shape index (κ1) is 16.9. The smallest absolute Gasteiger partial charge is 0.310 e. The number of nitrogens with zero attached hydrogens (tertiary/aromatic N) is 1. The van der Waals surface area contributed by atoms with Gasteiger partial charge in [-0.3, -0.25) is 14.9 Å². The number of nitrogens with two attached hydrogens (primary N) is 1. The molecule has 0 aliphatic carbocycles. The van der Waals surface area contributed by atoms with Gasteiger partial charge in [-0.15, -0.1) is 0 Å². The van der Waals surface area contributed by atoms with Crippen LogP contribution in [0.2, 0.25) is 0 Å². The lowest BCUT2D eigenvalue weighted by Gasteiger charge is -2.26. The molecular weight excluding hydrogens is 274 g/mol. The fraction of sp³-hybridized carbons (Fsp3) is 0.500. The molecule has 1 aromatic rings. The molecule has 3 N–H and O–H groups in total. The van der Waals surface area contributed by atoms with Gasteiger partial charge in [0.1, 0.15) is 6.61 Å². The molecule has 1 rings (SSSR count). The molecule has 0 fully saturated rings. The van der Waals surface area contributed by atoms with Gasteiger partial charge in [-0.05, 0) is 18.9 Å². The summed E-state index contributed by atoms with van der Waals surface area (Å²) in [6.07, 6.45) is 1.37. The number of nitrogens with one attached hydrogen (secondary N) is 1. The number of nitro groups is 1. The normalized spacial score (nSPS) is 11.0. The Labute approximate surface area is 123 Å². The zero-order valence-corrected chi connectivity index (χ0v) is 12.5. The SMILES string of the molecule is CCC(N)(CC)COc1cc(C(=O)NC)ccc1[N+](=O)[O-].